The van der Waals surface area contributed by atoms with Crippen LogP contribution in [0.5, 0.6) is 0 Å². The van der Waals surface area contributed by atoms with E-state index in [1.807, 2.05) is 0 Å². The topological polar surface area (TPSA) is 98.7 Å². The fourth-order valence-corrected chi connectivity index (χ4v) is 0.225. The molecule has 0 fully saturated rings. The van der Waals surface area contributed by atoms with Crippen molar-refractivity contribution in [1.29, 1.82) is 0 Å². The van der Waals surface area contributed by atoms with Crippen LogP contribution in [0.15, 0.2) is 0 Å². The maximum atomic E-state index is 10.0. The van der Waals surface area contributed by atoms with Crippen LogP contribution in [0.3, 0.4) is 0 Å². The van der Waals surface area contributed by atoms with Gasteiger partial charge in [-0.2, -0.15) is 0 Å². The first-order valence-corrected chi connectivity index (χ1v) is 2.06. The van der Waals surface area contributed by atoms with Crippen LogP contribution in [0.25, 0.3) is 0 Å². The van der Waals surface area contributed by atoms with Gasteiger partial charge in [0.1, 0.15) is 6.42 Å². The van der Waals surface area contributed by atoms with E-state index in [0.717, 1.165) is 0 Å². The number of amides is 2. The van der Waals surface area contributed by atoms with Gasteiger partial charge in [0.15, 0.2) is 0 Å². The van der Waals surface area contributed by atoms with Crippen LogP contribution < -0.4 is 62.3 Å². The summed E-state index contributed by atoms with van der Waals surface area (Å²) < 4.78 is 0. The van der Waals surface area contributed by atoms with E-state index in [1.54, 1.807) is 0 Å². The molecule has 2 amide bonds. The fourth-order valence-electron chi connectivity index (χ4n) is 0.225. The zero-order valence-corrected chi connectivity index (χ0v) is 8.54. The van der Waals surface area contributed by atoms with Crippen molar-refractivity contribution in [3.8, 4) is 0 Å². The number of nitrogens with one attached hydrogen (secondary N) is 2. The average Bonchev–Trinajstić information content (AvgIpc) is 1.87. The minimum atomic E-state index is -0.874. The fraction of sp³-hybridized carbons (Fsp3) is 0.333. The van der Waals surface area contributed by atoms with E-state index in [9.17, 15) is 9.59 Å². The molecule has 0 rings (SSSR count). The van der Waals surface area contributed by atoms with Crippen molar-refractivity contribution in [3.05, 3.63) is 0 Å². The van der Waals surface area contributed by atoms with Crippen molar-refractivity contribution < 1.29 is 71.4 Å². The van der Waals surface area contributed by atoms with E-state index >= 15 is 0 Å². The number of hydrogen-bond acceptors (Lipinski definition) is 4. The molecule has 0 aliphatic rings. The molecule has 0 bridgehead atoms. The third-order valence-corrected chi connectivity index (χ3v) is 0.571. The van der Waals surface area contributed by atoms with Crippen molar-refractivity contribution in [2.24, 2.45) is 0 Å². The summed E-state index contributed by atoms with van der Waals surface area (Å²) in [7, 11) is 0. The molecule has 0 aromatic heterocycles. The van der Waals surface area contributed by atoms with Crippen LogP contribution in [-0.2, 0) is 9.59 Å². The molecule has 52 valence electrons. The molecule has 0 aromatic carbocycles. The number of hydrogen-bond donors (Lipinski definition) is 4. The van der Waals surface area contributed by atoms with Crippen LogP contribution in [-0.4, -0.2) is 22.2 Å². The summed E-state index contributed by atoms with van der Waals surface area (Å²) in [5.74, 6) is -1.75. The predicted molar refractivity (Wildman–Crippen MR) is 24.5 cm³/mol. The van der Waals surface area contributed by atoms with Crippen molar-refractivity contribution in [1.82, 2.24) is 11.0 Å². The monoisotopic (exact) mass is 173 g/mol. The van der Waals surface area contributed by atoms with Crippen LogP contribution in [0.2, 0.25) is 0 Å². The second-order valence-corrected chi connectivity index (χ2v) is 1.25. The molecular formula is C3H6KN2O4+. The number of rotatable bonds is 2. The molecule has 0 saturated carbocycles. The van der Waals surface area contributed by atoms with E-state index in [-0.39, 0.29) is 51.4 Å². The van der Waals surface area contributed by atoms with Gasteiger partial charge in [-0.15, -0.1) is 0 Å². The maximum absolute atomic E-state index is 10.0. The van der Waals surface area contributed by atoms with Gasteiger partial charge in [-0.25, -0.2) is 11.0 Å². The Morgan fingerprint density at radius 2 is 1.40 bits per heavy atom. The van der Waals surface area contributed by atoms with E-state index in [0.29, 0.717) is 0 Å². The molecule has 10 heavy (non-hydrogen) atoms. The predicted octanol–water partition coefficient (Wildman–Crippen LogP) is -4.61. The molecule has 6 nitrogen and oxygen atoms in total. The Kier molecular flexibility index (Phi) is 9.97. The van der Waals surface area contributed by atoms with E-state index < -0.39 is 18.2 Å². The Hall–Kier alpha value is 0.496. The third kappa shape index (κ3) is 6.61. The van der Waals surface area contributed by atoms with Gasteiger partial charge < -0.3 is 0 Å². The summed E-state index contributed by atoms with van der Waals surface area (Å²) in [4.78, 5) is 20.1. The number of carbonyl (C=O) groups excluding carboxylic acids is 2. The summed E-state index contributed by atoms with van der Waals surface area (Å²) in [5, 5.41) is 15.6. The van der Waals surface area contributed by atoms with Gasteiger partial charge in [-0.1, -0.05) is 0 Å². The Morgan fingerprint density at radius 3 is 1.60 bits per heavy atom. The molecule has 0 aliphatic carbocycles. The molecule has 0 aliphatic heterocycles. The van der Waals surface area contributed by atoms with Gasteiger partial charge in [0.05, 0.1) is 0 Å². The molecule has 0 radical (unpaired) electrons. The van der Waals surface area contributed by atoms with Crippen molar-refractivity contribution in [3.63, 3.8) is 0 Å². The molecule has 0 unspecified atom stereocenters. The Balaban J connectivity index is 0. The molecule has 4 N–H and O–H groups in total. The quantitative estimate of drug-likeness (QED) is 0.146. The van der Waals surface area contributed by atoms with Crippen molar-refractivity contribution in [2.45, 2.75) is 6.42 Å². The second-order valence-electron chi connectivity index (χ2n) is 1.25. The average molecular weight is 173 g/mol. The first-order chi connectivity index (χ1) is 4.20. The third-order valence-electron chi connectivity index (χ3n) is 0.571. The van der Waals surface area contributed by atoms with E-state index in [1.165, 1.54) is 11.0 Å². The Labute approximate surface area is 99.3 Å². The first-order valence-electron chi connectivity index (χ1n) is 2.06. The van der Waals surface area contributed by atoms with Gasteiger partial charge >= 0.3 is 51.4 Å². The standard InChI is InChI=1S/C3H6N2O4.K/c6-2(4-8)1-3(7)5-9;/h8-9H,1H2,(H,4,6)(H,5,7);/q;+1. The smallest absolute Gasteiger partial charge is 0.289 e. The Morgan fingerprint density at radius 1 is 1.10 bits per heavy atom. The normalized spacial score (nSPS) is 7.40. The van der Waals surface area contributed by atoms with Gasteiger partial charge in [0.25, 0.3) is 11.8 Å². The van der Waals surface area contributed by atoms with Gasteiger partial charge in [-0.3, -0.25) is 20.0 Å². The SMILES string of the molecule is O=C(CC(=O)NO)NO.[K+]. The second kappa shape index (κ2) is 7.60. The van der Waals surface area contributed by atoms with Gasteiger partial charge in [0, 0.05) is 0 Å². The molecule has 0 heterocycles. The van der Waals surface area contributed by atoms with Gasteiger partial charge in [-0.05, 0) is 0 Å². The van der Waals surface area contributed by atoms with Crippen LogP contribution in [0, 0.1) is 0 Å². The van der Waals surface area contributed by atoms with Gasteiger partial charge in [0.2, 0.25) is 0 Å². The summed E-state index contributed by atoms with van der Waals surface area (Å²) >= 11 is 0. The summed E-state index contributed by atoms with van der Waals surface area (Å²) in [6.45, 7) is 0. The number of hydroxylamine groups is 2. The van der Waals surface area contributed by atoms with Crippen LogP contribution in [0.4, 0.5) is 0 Å². The summed E-state index contributed by atoms with van der Waals surface area (Å²) in [6.07, 6.45) is -0.590. The Bertz CT molecular complexity index is 114. The minimum absolute atomic E-state index is 0. The largest absolute Gasteiger partial charge is 1.00 e. The van der Waals surface area contributed by atoms with Crippen LogP contribution in [0.1, 0.15) is 6.42 Å². The summed E-state index contributed by atoms with van der Waals surface area (Å²) in [5.41, 5.74) is 2.44. The summed E-state index contributed by atoms with van der Waals surface area (Å²) in [6, 6.07) is 0. The molecular weight excluding hydrogens is 167 g/mol. The first kappa shape index (κ1) is 13.1. The van der Waals surface area contributed by atoms with E-state index in [2.05, 4.69) is 0 Å². The maximum Gasteiger partial charge on any atom is 1.00 e. The molecule has 0 spiro atoms. The zero-order chi connectivity index (χ0) is 7.28. The van der Waals surface area contributed by atoms with Crippen LogP contribution >= 0.6 is 0 Å². The molecule has 0 saturated heterocycles. The number of carbonyl (C=O) groups is 2. The van der Waals surface area contributed by atoms with Crippen molar-refractivity contribution in [2.75, 3.05) is 0 Å². The molecule has 7 heteroatoms. The molecule has 0 aromatic rings. The van der Waals surface area contributed by atoms with E-state index in [4.69, 9.17) is 10.4 Å². The van der Waals surface area contributed by atoms with Crippen molar-refractivity contribution >= 4 is 11.8 Å². The zero-order valence-electron chi connectivity index (χ0n) is 5.42. The molecule has 0 atom stereocenters. The minimum Gasteiger partial charge on any atom is -0.289 e.